The molecule has 0 unspecified atom stereocenters. The van der Waals surface area contributed by atoms with E-state index in [2.05, 4.69) is 30.3 Å². The largest absolute Gasteiger partial charge is 0.464 e. The minimum Gasteiger partial charge on any atom is -0.464 e. The molecule has 1 aliphatic heterocycles. The van der Waals surface area contributed by atoms with Crippen LogP contribution in [0.1, 0.15) is 16.9 Å². The zero-order valence-corrected chi connectivity index (χ0v) is 9.56. The van der Waals surface area contributed by atoms with E-state index in [1.165, 1.54) is 5.56 Å². The van der Waals surface area contributed by atoms with Gasteiger partial charge in [0.2, 0.25) is 0 Å². The van der Waals surface area contributed by atoms with E-state index in [0.717, 1.165) is 23.3 Å². The molecule has 0 bridgehead atoms. The topological polar surface area (TPSA) is 22.4 Å². The molecule has 0 atom stereocenters. The van der Waals surface area contributed by atoms with E-state index in [9.17, 15) is 0 Å². The smallest absolute Gasteiger partial charge is 0.137 e. The summed E-state index contributed by atoms with van der Waals surface area (Å²) in [7, 11) is 0. The summed E-state index contributed by atoms with van der Waals surface area (Å²) in [6.07, 6.45) is 4.84. The van der Waals surface area contributed by atoms with Crippen LogP contribution in [0, 0.1) is 0 Å². The normalized spacial score (nSPS) is 17.1. The molecule has 2 heterocycles. The number of rotatable bonds is 2. The first-order valence-electron chi connectivity index (χ1n) is 5.81. The molecule has 1 aromatic carbocycles. The zero-order chi connectivity index (χ0) is 11.5. The molecule has 0 N–H and O–H groups in total. The number of hydrogen-bond donors (Lipinski definition) is 0. The van der Waals surface area contributed by atoms with Crippen molar-refractivity contribution in [2.45, 2.75) is 13.0 Å². The predicted octanol–water partition coefficient (Wildman–Crippen LogP) is 3.44. The molecule has 2 aromatic rings. The Labute approximate surface area is 101 Å². The van der Waals surface area contributed by atoms with E-state index in [1.807, 2.05) is 12.1 Å². The molecule has 0 radical (unpaired) electrons. The van der Waals surface area contributed by atoms with Crippen LogP contribution in [0.4, 0.5) is 0 Å². The lowest BCUT2D eigenvalue weighted by atomic mass is 10.0. The zero-order valence-electron chi connectivity index (χ0n) is 9.56. The van der Waals surface area contributed by atoms with Crippen LogP contribution in [0.3, 0.4) is 0 Å². The first kappa shape index (κ1) is 10.4. The van der Waals surface area contributed by atoms with Gasteiger partial charge in [-0.3, -0.25) is 0 Å². The molecule has 0 fully saturated rings. The number of allylic oxidation sites excluding steroid dienone is 1. The summed E-state index contributed by atoms with van der Waals surface area (Å²) < 4.78 is 11.0. The molecule has 0 saturated heterocycles. The lowest BCUT2D eigenvalue weighted by Gasteiger charge is -2.14. The quantitative estimate of drug-likeness (QED) is 0.782. The number of furan rings is 1. The van der Waals surface area contributed by atoms with Gasteiger partial charge in [0, 0.05) is 11.1 Å². The van der Waals surface area contributed by atoms with Crippen LogP contribution < -0.4 is 0 Å². The Morgan fingerprint density at radius 2 is 1.94 bits per heavy atom. The van der Waals surface area contributed by atoms with Gasteiger partial charge in [-0.2, -0.15) is 0 Å². The van der Waals surface area contributed by atoms with Crippen LogP contribution in [0.25, 0.3) is 5.57 Å². The number of ether oxygens (including phenoxy) is 1. The maximum atomic E-state index is 5.53. The van der Waals surface area contributed by atoms with Crippen molar-refractivity contribution in [3.8, 4) is 0 Å². The number of benzene rings is 1. The molecular formula is C15H14O2. The van der Waals surface area contributed by atoms with E-state index in [4.69, 9.17) is 9.15 Å². The fourth-order valence-corrected chi connectivity index (χ4v) is 2.07. The Bertz CT molecular complexity index is 523. The predicted molar refractivity (Wildman–Crippen MR) is 66.5 cm³/mol. The maximum Gasteiger partial charge on any atom is 0.137 e. The highest BCUT2D eigenvalue weighted by atomic mass is 16.5. The van der Waals surface area contributed by atoms with Crippen molar-refractivity contribution in [2.24, 2.45) is 0 Å². The van der Waals surface area contributed by atoms with E-state index >= 15 is 0 Å². The SMILES string of the molecule is C(/Cc1ccccc1)=C1\COCc2ccoc21. The van der Waals surface area contributed by atoms with Crippen LogP contribution in [-0.2, 0) is 17.8 Å². The van der Waals surface area contributed by atoms with E-state index in [-0.39, 0.29) is 0 Å². The minimum atomic E-state index is 0.646. The summed E-state index contributed by atoms with van der Waals surface area (Å²) in [6.45, 7) is 1.31. The summed E-state index contributed by atoms with van der Waals surface area (Å²) in [5.41, 5.74) is 3.61. The van der Waals surface area contributed by atoms with Gasteiger partial charge < -0.3 is 9.15 Å². The minimum absolute atomic E-state index is 0.646. The second kappa shape index (κ2) is 4.60. The molecule has 0 spiro atoms. The summed E-state index contributed by atoms with van der Waals surface area (Å²) in [5.74, 6) is 0.993. The fourth-order valence-electron chi connectivity index (χ4n) is 2.07. The van der Waals surface area contributed by atoms with Crippen LogP contribution >= 0.6 is 0 Å². The van der Waals surface area contributed by atoms with Crippen molar-refractivity contribution in [2.75, 3.05) is 6.61 Å². The number of fused-ring (bicyclic) bond motifs is 1. The second-order valence-corrected chi connectivity index (χ2v) is 4.19. The fraction of sp³-hybridized carbons (Fsp3) is 0.200. The molecule has 17 heavy (non-hydrogen) atoms. The van der Waals surface area contributed by atoms with E-state index < -0.39 is 0 Å². The van der Waals surface area contributed by atoms with Crippen LogP contribution in [0.2, 0.25) is 0 Å². The van der Waals surface area contributed by atoms with Gasteiger partial charge in [0.05, 0.1) is 19.5 Å². The summed E-state index contributed by atoms with van der Waals surface area (Å²) in [4.78, 5) is 0. The highest BCUT2D eigenvalue weighted by molar-refractivity contribution is 5.66. The molecule has 1 aromatic heterocycles. The Kier molecular flexibility index (Phi) is 2.80. The van der Waals surface area contributed by atoms with Crippen molar-refractivity contribution in [1.29, 1.82) is 0 Å². The summed E-state index contributed by atoms with van der Waals surface area (Å²) >= 11 is 0. The lowest BCUT2D eigenvalue weighted by Crippen LogP contribution is -2.06. The van der Waals surface area contributed by atoms with Crippen molar-refractivity contribution in [3.05, 3.63) is 65.6 Å². The first-order chi connectivity index (χ1) is 8.43. The maximum absolute atomic E-state index is 5.53. The second-order valence-electron chi connectivity index (χ2n) is 4.19. The Balaban J connectivity index is 1.82. The van der Waals surface area contributed by atoms with Crippen molar-refractivity contribution in [1.82, 2.24) is 0 Å². The Hall–Kier alpha value is -1.80. The molecule has 2 nitrogen and oxygen atoms in total. The first-order valence-corrected chi connectivity index (χ1v) is 5.81. The van der Waals surface area contributed by atoms with Crippen LogP contribution in [0.15, 0.2) is 53.2 Å². The van der Waals surface area contributed by atoms with Gasteiger partial charge in [-0.1, -0.05) is 36.4 Å². The van der Waals surface area contributed by atoms with Crippen LogP contribution in [0.5, 0.6) is 0 Å². The Morgan fingerprint density at radius 3 is 2.82 bits per heavy atom. The van der Waals surface area contributed by atoms with Gasteiger partial charge in [-0.25, -0.2) is 0 Å². The van der Waals surface area contributed by atoms with Gasteiger partial charge in [0.15, 0.2) is 0 Å². The molecular weight excluding hydrogens is 212 g/mol. The third kappa shape index (κ3) is 2.17. The average molecular weight is 226 g/mol. The molecule has 0 saturated carbocycles. The molecule has 3 rings (SSSR count). The van der Waals surface area contributed by atoms with Gasteiger partial charge in [-0.15, -0.1) is 0 Å². The van der Waals surface area contributed by atoms with Gasteiger partial charge in [0.25, 0.3) is 0 Å². The summed E-state index contributed by atoms with van der Waals surface area (Å²) in [5, 5.41) is 0. The highest BCUT2D eigenvalue weighted by Crippen LogP contribution is 2.26. The molecule has 0 amide bonds. The monoisotopic (exact) mass is 226 g/mol. The van der Waals surface area contributed by atoms with E-state index in [1.54, 1.807) is 6.26 Å². The van der Waals surface area contributed by atoms with Gasteiger partial charge >= 0.3 is 0 Å². The highest BCUT2D eigenvalue weighted by Gasteiger charge is 2.16. The van der Waals surface area contributed by atoms with Gasteiger partial charge in [0.1, 0.15) is 5.76 Å². The van der Waals surface area contributed by atoms with Crippen molar-refractivity contribution >= 4 is 5.57 Å². The van der Waals surface area contributed by atoms with E-state index in [0.29, 0.717) is 13.2 Å². The van der Waals surface area contributed by atoms with Crippen molar-refractivity contribution < 1.29 is 9.15 Å². The Morgan fingerprint density at radius 1 is 1.06 bits per heavy atom. The molecule has 2 heteroatoms. The third-order valence-corrected chi connectivity index (χ3v) is 2.98. The lowest BCUT2D eigenvalue weighted by molar-refractivity contribution is 0.143. The van der Waals surface area contributed by atoms with Gasteiger partial charge in [-0.05, 0) is 18.1 Å². The standard InChI is InChI=1S/C15H14O2/c1-2-4-12(5-3-1)6-7-13-10-16-11-14-8-9-17-15(13)14/h1-5,7-9H,6,10-11H2/b13-7-. The van der Waals surface area contributed by atoms with Crippen molar-refractivity contribution in [3.63, 3.8) is 0 Å². The number of hydrogen-bond acceptors (Lipinski definition) is 2. The average Bonchev–Trinajstić information content (AvgIpc) is 2.86. The summed E-state index contributed by atoms with van der Waals surface area (Å²) in [6, 6.07) is 12.4. The third-order valence-electron chi connectivity index (χ3n) is 2.98. The van der Waals surface area contributed by atoms with Crippen LogP contribution in [-0.4, -0.2) is 6.61 Å². The molecule has 0 aliphatic carbocycles. The molecule has 86 valence electrons. The molecule has 1 aliphatic rings.